The lowest BCUT2D eigenvalue weighted by Gasteiger charge is -2.04. The Hall–Kier alpha value is -2.16. The summed E-state index contributed by atoms with van der Waals surface area (Å²) in [6.45, 7) is 2.12. The number of fused-ring (bicyclic) bond motifs is 1. The van der Waals surface area contributed by atoms with Crippen molar-refractivity contribution in [2.24, 2.45) is 0 Å². The van der Waals surface area contributed by atoms with Gasteiger partial charge in [0.2, 0.25) is 0 Å². The number of H-pyrrole nitrogens is 1. The van der Waals surface area contributed by atoms with Gasteiger partial charge in [-0.1, -0.05) is 6.07 Å². The molecule has 0 fully saturated rings. The number of benzene rings is 1. The fourth-order valence-electron chi connectivity index (χ4n) is 2.00. The Morgan fingerprint density at radius 1 is 1.18 bits per heavy atom. The Morgan fingerprint density at radius 3 is 3.00 bits per heavy atom. The van der Waals surface area contributed by atoms with E-state index in [1.165, 1.54) is 16.7 Å². The molecule has 0 spiro atoms. The molecule has 2 heterocycles. The van der Waals surface area contributed by atoms with Gasteiger partial charge in [0.1, 0.15) is 0 Å². The summed E-state index contributed by atoms with van der Waals surface area (Å²) in [7, 11) is 0. The number of aromatic amines is 1. The predicted octanol–water partition coefficient (Wildman–Crippen LogP) is 2.86. The molecule has 0 atom stereocenters. The van der Waals surface area contributed by atoms with Gasteiger partial charge < -0.3 is 0 Å². The highest BCUT2D eigenvalue weighted by molar-refractivity contribution is 5.78. The molecule has 1 N–H and O–H groups in total. The maximum atomic E-state index is 4.18. The number of hydrogen-bond acceptors (Lipinski definition) is 2. The molecule has 3 aromatic rings. The second-order valence-electron chi connectivity index (χ2n) is 4.27. The third-order valence-electron chi connectivity index (χ3n) is 3.05. The number of aromatic nitrogens is 3. The van der Waals surface area contributed by atoms with Crippen LogP contribution in [0.5, 0.6) is 0 Å². The molecule has 0 unspecified atom stereocenters. The number of nitrogens with one attached hydrogen (secondary N) is 1. The number of rotatable bonds is 2. The lowest BCUT2D eigenvalue weighted by Crippen LogP contribution is -1.92. The summed E-state index contributed by atoms with van der Waals surface area (Å²) in [6, 6.07) is 8.42. The third-order valence-corrected chi connectivity index (χ3v) is 3.05. The van der Waals surface area contributed by atoms with Crippen LogP contribution < -0.4 is 0 Å². The van der Waals surface area contributed by atoms with Gasteiger partial charge in [-0.15, -0.1) is 0 Å². The molecule has 0 aliphatic heterocycles. The predicted molar refractivity (Wildman–Crippen MR) is 67.9 cm³/mol. The minimum absolute atomic E-state index is 0.917. The van der Waals surface area contributed by atoms with Gasteiger partial charge in [0.15, 0.2) is 0 Å². The summed E-state index contributed by atoms with van der Waals surface area (Å²) in [4.78, 5) is 4.18. The Kier molecular flexibility index (Phi) is 2.37. The minimum atomic E-state index is 0.917. The van der Waals surface area contributed by atoms with Gasteiger partial charge in [-0.05, 0) is 48.2 Å². The number of pyridine rings is 1. The molecule has 0 amide bonds. The van der Waals surface area contributed by atoms with E-state index in [2.05, 4.69) is 40.3 Å². The van der Waals surface area contributed by atoms with Gasteiger partial charge in [0, 0.05) is 17.8 Å². The van der Waals surface area contributed by atoms with Crippen molar-refractivity contribution in [1.82, 2.24) is 15.2 Å². The van der Waals surface area contributed by atoms with E-state index in [-0.39, 0.29) is 0 Å². The lowest BCUT2D eigenvalue weighted by atomic mass is 10.0. The zero-order valence-electron chi connectivity index (χ0n) is 9.64. The van der Waals surface area contributed by atoms with Crippen LogP contribution >= 0.6 is 0 Å². The fraction of sp³-hybridized carbons (Fsp3) is 0.143. The average molecular weight is 223 g/mol. The molecule has 3 nitrogen and oxygen atoms in total. The summed E-state index contributed by atoms with van der Waals surface area (Å²) in [5.74, 6) is 0. The van der Waals surface area contributed by atoms with Gasteiger partial charge in [0.25, 0.3) is 0 Å². The first-order valence-corrected chi connectivity index (χ1v) is 5.64. The van der Waals surface area contributed by atoms with E-state index in [0.29, 0.717) is 0 Å². The standard InChI is InChI=1S/C14H13N3/c1-10-4-5-15-8-12(10)6-11-2-3-14-13(7-11)9-16-17-14/h2-5,7-9H,6H2,1H3,(H,16,17). The SMILES string of the molecule is Cc1ccncc1Cc1ccc2[nH]ncc2c1. The number of aryl methyl sites for hydroxylation is 1. The quantitative estimate of drug-likeness (QED) is 0.725. The van der Waals surface area contributed by atoms with E-state index in [1.54, 1.807) is 0 Å². The highest BCUT2D eigenvalue weighted by Gasteiger charge is 2.02. The molecule has 0 bridgehead atoms. The monoisotopic (exact) mass is 223 g/mol. The van der Waals surface area contributed by atoms with Gasteiger partial charge in [-0.3, -0.25) is 10.1 Å². The van der Waals surface area contributed by atoms with Crippen LogP contribution in [0.15, 0.2) is 42.9 Å². The van der Waals surface area contributed by atoms with Gasteiger partial charge in [-0.2, -0.15) is 5.10 Å². The smallest absolute Gasteiger partial charge is 0.0650 e. The van der Waals surface area contributed by atoms with E-state index >= 15 is 0 Å². The fourth-order valence-corrected chi connectivity index (χ4v) is 2.00. The molecular formula is C14H13N3. The first kappa shape index (κ1) is 10.0. The molecule has 3 heteroatoms. The van der Waals surface area contributed by atoms with E-state index in [4.69, 9.17) is 0 Å². The van der Waals surface area contributed by atoms with Gasteiger partial charge in [-0.25, -0.2) is 0 Å². The van der Waals surface area contributed by atoms with Crippen molar-refractivity contribution in [3.05, 3.63) is 59.5 Å². The second kappa shape index (κ2) is 4.01. The second-order valence-corrected chi connectivity index (χ2v) is 4.27. The van der Waals surface area contributed by atoms with Crippen molar-refractivity contribution in [3.63, 3.8) is 0 Å². The summed E-state index contributed by atoms with van der Waals surface area (Å²) in [6.07, 6.45) is 6.54. The lowest BCUT2D eigenvalue weighted by molar-refractivity contribution is 1.11. The Labute approximate surface area is 99.5 Å². The van der Waals surface area contributed by atoms with Crippen LogP contribution in [0.1, 0.15) is 16.7 Å². The average Bonchev–Trinajstić information content (AvgIpc) is 2.79. The van der Waals surface area contributed by atoms with E-state index in [9.17, 15) is 0 Å². The van der Waals surface area contributed by atoms with Crippen LogP contribution in [0.4, 0.5) is 0 Å². The van der Waals surface area contributed by atoms with Crippen molar-refractivity contribution in [3.8, 4) is 0 Å². The summed E-state index contributed by atoms with van der Waals surface area (Å²) >= 11 is 0. The molecule has 3 rings (SSSR count). The van der Waals surface area contributed by atoms with Crippen molar-refractivity contribution in [2.45, 2.75) is 13.3 Å². The first-order chi connectivity index (χ1) is 8.33. The highest BCUT2D eigenvalue weighted by Crippen LogP contribution is 2.17. The molecule has 84 valence electrons. The normalized spacial score (nSPS) is 10.9. The zero-order chi connectivity index (χ0) is 11.7. The Morgan fingerprint density at radius 2 is 2.12 bits per heavy atom. The largest absolute Gasteiger partial charge is 0.278 e. The summed E-state index contributed by atoms with van der Waals surface area (Å²) in [5, 5.41) is 8.15. The van der Waals surface area contributed by atoms with Crippen LogP contribution in [0.2, 0.25) is 0 Å². The maximum Gasteiger partial charge on any atom is 0.0650 e. The van der Waals surface area contributed by atoms with E-state index in [1.807, 2.05) is 24.7 Å². The molecule has 1 aromatic carbocycles. The highest BCUT2D eigenvalue weighted by atomic mass is 15.1. The van der Waals surface area contributed by atoms with Crippen LogP contribution in [0, 0.1) is 6.92 Å². The molecule has 0 radical (unpaired) electrons. The summed E-state index contributed by atoms with van der Waals surface area (Å²) < 4.78 is 0. The van der Waals surface area contributed by atoms with E-state index in [0.717, 1.165) is 17.3 Å². The summed E-state index contributed by atoms with van der Waals surface area (Å²) in [5.41, 5.74) is 4.93. The van der Waals surface area contributed by atoms with Crippen LogP contribution in [-0.2, 0) is 6.42 Å². The van der Waals surface area contributed by atoms with Crippen molar-refractivity contribution >= 4 is 10.9 Å². The molecule has 0 saturated heterocycles. The molecule has 17 heavy (non-hydrogen) atoms. The minimum Gasteiger partial charge on any atom is -0.278 e. The topological polar surface area (TPSA) is 41.6 Å². The molecular weight excluding hydrogens is 210 g/mol. The Bertz CT molecular complexity index is 655. The van der Waals surface area contributed by atoms with Gasteiger partial charge in [0.05, 0.1) is 11.7 Å². The third kappa shape index (κ3) is 1.91. The van der Waals surface area contributed by atoms with Crippen molar-refractivity contribution in [1.29, 1.82) is 0 Å². The Balaban J connectivity index is 1.97. The van der Waals surface area contributed by atoms with Gasteiger partial charge >= 0.3 is 0 Å². The van der Waals surface area contributed by atoms with Crippen molar-refractivity contribution < 1.29 is 0 Å². The number of hydrogen-bond donors (Lipinski definition) is 1. The van der Waals surface area contributed by atoms with Crippen LogP contribution in [-0.4, -0.2) is 15.2 Å². The molecule has 0 saturated carbocycles. The maximum absolute atomic E-state index is 4.18. The van der Waals surface area contributed by atoms with Crippen LogP contribution in [0.3, 0.4) is 0 Å². The zero-order valence-corrected chi connectivity index (χ0v) is 9.64. The van der Waals surface area contributed by atoms with E-state index < -0.39 is 0 Å². The molecule has 0 aliphatic rings. The first-order valence-electron chi connectivity index (χ1n) is 5.64. The van der Waals surface area contributed by atoms with Crippen LogP contribution in [0.25, 0.3) is 10.9 Å². The number of nitrogens with zero attached hydrogens (tertiary/aromatic N) is 2. The van der Waals surface area contributed by atoms with Crippen molar-refractivity contribution in [2.75, 3.05) is 0 Å². The molecule has 0 aliphatic carbocycles. The molecule has 2 aromatic heterocycles.